The highest BCUT2D eigenvalue weighted by Gasteiger charge is 2.23. The van der Waals surface area contributed by atoms with Crippen LogP contribution in [-0.4, -0.2) is 45.2 Å². The zero-order chi connectivity index (χ0) is 16.0. The average molecular weight is 333 g/mol. The van der Waals surface area contributed by atoms with Gasteiger partial charge in [-0.3, -0.25) is 9.59 Å². The first kappa shape index (κ1) is 17.2. The highest BCUT2D eigenvalue weighted by molar-refractivity contribution is 7.98. The highest BCUT2D eigenvalue weighted by Crippen LogP contribution is 2.16. The topological polar surface area (TPSA) is 135 Å². The molecule has 0 fully saturated rings. The van der Waals surface area contributed by atoms with E-state index < -0.39 is 23.8 Å². The average Bonchev–Trinajstić information content (AvgIpc) is 2.43. The molecule has 114 valence electrons. The minimum atomic E-state index is -1.28. The third kappa shape index (κ3) is 5.20. The molecule has 0 saturated heterocycles. The number of carboxylic acids is 1. The Hall–Kier alpha value is -1.87. The smallest absolute Gasteiger partial charge is 0.326 e. The number of carbonyl (C=O) groups excluding carboxylic acids is 2. The van der Waals surface area contributed by atoms with E-state index in [0.29, 0.717) is 5.16 Å². The van der Waals surface area contributed by atoms with Crippen LogP contribution in [-0.2, 0) is 9.59 Å². The largest absolute Gasteiger partial charge is 0.480 e. The molecule has 0 spiro atoms. The van der Waals surface area contributed by atoms with Gasteiger partial charge in [-0.05, 0) is 12.7 Å². The number of amides is 2. The number of aliphatic carboxylic acids is 1. The summed E-state index contributed by atoms with van der Waals surface area (Å²) in [5, 5.41) is 11.6. The lowest BCUT2D eigenvalue weighted by Gasteiger charge is -2.14. The Morgan fingerprint density at radius 2 is 2.19 bits per heavy atom. The van der Waals surface area contributed by atoms with Crippen molar-refractivity contribution in [2.45, 2.75) is 24.0 Å². The van der Waals surface area contributed by atoms with Crippen LogP contribution in [0, 0.1) is 0 Å². The van der Waals surface area contributed by atoms with E-state index in [-0.39, 0.29) is 23.6 Å². The van der Waals surface area contributed by atoms with Gasteiger partial charge < -0.3 is 16.2 Å². The Labute approximate surface area is 129 Å². The summed E-state index contributed by atoms with van der Waals surface area (Å²) in [6.07, 6.45) is 2.70. The van der Waals surface area contributed by atoms with Crippen molar-refractivity contribution >= 4 is 41.1 Å². The third-order valence-corrected chi connectivity index (χ3v) is 3.24. The van der Waals surface area contributed by atoms with Gasteiger partial charge in [0.1, 0.15) is 6.04 Å². The summed E-state index contributed by atoms with van der Waals surface area (Å²) in [5.41, 5.74) is 4.83. The summed E-state index contributed by atoms with van der Waals surface area (Å²) in [6.45, 7) is 0. The van der Waals surface area contributed by atoms with Gasteiger partial charge >= 0.3 is 5.97 Å². The van der Waals surface area contributed by atoms with E-state index in [1.807, 2.05) is 0 Å². The van der Waals surface area contributed by atoms with Crippen LogP contribution in [0.5, 0.6) is 0 Å². The second-order valence-corrected chi connectivity index (χ2v) is 5.10. The van der Waals surface area contributed by atoms with Gasteiger partial charge in [0.2, 0.25) is 5.91 Å². The Balaban J connectivity index is 2.86. The zero-order valence-corrected chi connectivity index (χ0v) is 12.6. The highest BCUT2D eigenvalue weighted by atomic mass is 35.5. The summed E-state index contributed by atoms with van der Waals surface area (Å²) >= 11 is 7.03. The first-order valence-corrected chi connectivity index (χ1v) is 7.34. The molecular formula is C11H13ClN4O4S. The quantitative estimate of drug-likeness (QED) is 0.482. The molecule has 4 N–H and O–H groups in total. The lowest BCUT2D eigenvalue weighted by molar-refractivity contribution is -0.139. The van der Waals surface area contributed by atoms with E-state index in [9.17, 15) is 14.4 Å². The number of thioether (sulfide) groups is 1. The fourth-order valence-corrected chi connectivity index (χ4v) is 1.90. The van der Waals surface area contributed by atoms with Crippen LogP contribution in [0.1, 0.15) is 23.3 Å². The minimum Gasteiger partial charge on any atom is -0.480 e. The number of nitrogens with zero attached hydrogens (tertiary/aromatic N) is 2. The van der Waals surface area contributed by atoms with Crippen LogP contribution in [0.3, 0.4) is 0 Å². The van der Waals surface area contributed by atoms with Gasteiger partial charge in [0.05, 0.1) is 11.2 Å². The number of hydrogen-bond acceptors (Lipinski definition) is 6. The van der Waals surface area contributed by atoms with Gasteiger partial charge in [0.25, 0.3) is 5.91 Å². The van der Waals surface area contributed by atoms with E-state index in [4.69, 9.17) is 22.4 Å². The van der Waals surface area contributed by atoms with Gasteiger partial charge in [-0.1, -0.05) is 23.4 Å². The normalized spacial score (nSPS) is 11.7. The molecule has 0 aliphatic carbocycles. The Morgan fingerprint density at radius 1 is 1.52 bits per heavy atom. The maximum Gasteiger partial charge on any atom is 0.326 e. The molecule has 21 heavy (non-hydrogen) atoms. The Kier molecular flexibility index (Phi) is 6.38. The maximum atomic E-state index is 12.0. The number of nitrogens with one attached hydrogen (secondary N) is 1. The second-order valence-electron chi connectivity index (χ2n) is 3.92. The third-order valence-electron chi connectivity index (χ3n) is 2.40. The first-order valence-electron chi connectivity index (χ1n) is 5.73. The molecule has 2 amide bonds. The molecule has 0 unspecified atom stereocenters. The standard InChI is InChI=1S/C11H13ClN4O4S/c1-21-11-14-4-5(12)8(16-11)9(18)15-6(10(19)20)2-3-7(13)17/h4,6H,2-3H2,1H3,(H2,13,17)(H,15,18)(H,19,20)/t6-/m0/s1. The van der Waals surface area contributed by atoms with E-state index in [1.165, 1.54) is 18.0 Å². The molecule has 1 atom stereocenters. The number of carbonyl (C=O) groups is 3. The van der Waals surface area contributed by atoms with Gasteiger partial charge in [-0.15, -0.1) is 0 Å². The predicted molar refractivity (Wildman–Crippen MR) is 76.1 cm³/mol. The van der Waals surface area contributed by atoms with Crippen molar-refractivity contribution in [2.75, 3.05) is 6.26 Å². The van der Waals surface area contributed by atoms with Gasteiger partial charge in [0, 0.05) is 6.42 Å². The predicted octanol–water partition coefficient (Wildman–Crippen LogP) is 0.300. The van der Waals surface area contributed by atoms with Crippen LogP contribution >= 0.6 is 23.4 Å². The molecule has 0 aromatic carbocycles. The lowest BCUT2D eigenvalue weighted by Crippen LogP contribution is -2.41. The van der Waals surface area contributed by atoms with E-state index in [1.54, 1.807) is 6.26 Å². The number of aromatic nitrogens is 2. The van der Waals surface area contributed by atoms with Crippen LogP contribution < -0.4 is 11.1 Å². The van der Waals surface area contributed by atoms with E-state index in [0.717, 1.165) is 0 Å². The molecular weight excluding hydrogens is 320 g/mol. The fourth-order valence-electron chi connectivity index (χ4n) is 1.38. The van der Waals surface area contributed by atoms with E-state index >= 15 is 0 Å². The second kappa shape index (κ2) is 7.79. The number of hydrogen-bond donors (Lipinski definition) is 3. The zero-order valence-electron chi connectivity index (χ0n) is 11.0. The molecule has 0 aliphatic rings. The Morgan fingerprint density at radius 3 is 2.71 bits per heavy atom. The summed E-state index contributed by atoms with van der Waals surface area (Å²) in [6, 6.07) is -1.26. The van der Waals surface area contributed by atoms with Crippen molar-refractivity contribution in [1.29, 1.82) is 0 Å². The van der Waals surface area contributed by atoms with Gasteiger partial charge in [-0.2, -0.15) is 0 Å². The summed E-state index contributed by atoms with van der Waals surface area (Å²) in [5.74, 6) is -2.69. The summed E-state index contributed by atoms with van der Waals surface area (Å²) < 4.78 is 0. The van der Waals surface area contributed by atoms with Gasteiger partial charge in [-0.25, -0.2) is 14.8 Å². The molecule has 0 radical (unpaired) electrons. The first-order chi connectivity index (χ1) is 9.85. The number of primary amides is 1. The number of carboxylic acid groups (broad SMARTS) is 1. The molecule has 1 heterocycles. The fraction of sp³-hybridized carbons (Fsp3) is 0.364. The maximum absolute atomic E-state index is 12.0. The van der Waals surface area contributed by atoms with Crippen LogP contribution in [0.4, 0.5) is 0 Å². The molecule has 10 heteroatoms. The minimum absolute atomic E-state index is 0.00402. The van der Waals surface area contributed by atoms with Crippen LogP contribution in [0.2, 0.25) is 5.02 Å². The van der Waals surface area contributed by atoms with Crippen molar-refractivity contribution < 1.29 is 19.5 Å². The van der Waals surface area contributed by atoms with E-state index in [2.05, 4.69) is 15.3 Å². The molecule has 0 saturated carbocycles. The van der Waals surface area contributed by atoms with Crippen molar-refractivity contribution in [1.82, 2.24) is 15.3 Å². The number of nitrogens with two attached hydrogens (primary N) is 1. The molecule has 0 aliphatic heterocycles. The summed E-state index contributed by atoms with van der Waals surface area (Å²) in [4.78, 5) is 41.6. The number of halogens is 1. The molecule has 1 aromatic rings. The van der Waals surface area contributed by atoms with Gasteiger partial charge in [0.15, 0.2) is 10.9 Å². The Bertz CT molecular complexity index is 569. The van der Waals surface area contributed by atoms with Crippen LogP contribution in [0.25, 0.3) is 0 Å². The van der Waals surface area contributed by atoms with Crippen molar-refractivity contribution in [2.24, 2.45) is 5.73 Å². The monoisotopic (exact) mass is 332 g/mol. The summed E-state index contributed by atoms with van der Waals surface area (Å²) in [7, 11) is 0. The number of rotatable bonds is 7. The molecule has 1 aromatic heterocycles. The van der Waals surface area contributed by atoms with Crippen molar-refractivity contribution in [3.8, 4) is 0 Å². The molecule has 1 rings (SSSR count). The van der Waals surface area contributed by atoms with Crippen LogP contribution in [0.15, 0.2) is 11.4 Å². The molecule has 0 bridgehead atoms. The lowest BCUT2D eigenvalue weighted by atomic mass is 10.1. The molecule has 8 nitrogen and oxygen atoms in total. The van der Waals surface area contributed by atoms with Crippen molar-refractivity contribution in [3.05, 3.63) is 16.9 Å². The van der Waals surface area contributed by atoms with Crippen molar-refractivity contribution in [3.63, 3.8) is 0 Å². The SMILES string of the molecule is CSc1ncc(Cl)c(C(=O)N[C@@H](CCC(N)=O)C(=O)O)n1.